The van der Waals surface area contributed by atoms with Gasteiger partial charge in [-0.3, -0.25) is 10.1 Å². The molecule has 7 nitrogen and oxygen atoms in total. The standard InChI is InChI=1S/C10H12N2O5S/c1-3-6-11(2)18(16,17)8-4-5-10(13)9(7-8)12(14)15/h3-5,7,13H,1,6H2,2H3. The highest BCUT2D eigenvalue weighted by atomic mass is 32.2. The van der Waals surface area contributed by atoms with E-state index >= 15 is 0 Å². The van der Waals surface area contributed by atoms with Crippen LogP contribution in [0, 0.1) is 10.1 Å². The summed E-state index contributed by atoms with van der Waals surface area (Å²) in [5.41, 5.74) is -0.650. The molecule has 18 heavy (non-hydrogen) atoms. The van der Waals surface area contributed by atoms with E-state index in [-0.39, 0.29) is 11.4 Å². The fourth-order valence-corrected chi connectivity index (χ4v) is 2.43. The third-order valence-corrected chi connectivity index (χ3v) is 4.06. The fourth-order valence-electron chi connectivity index (χ4n) is 1.27. The second-order valence-electron chi connectivity index (χ2n) is 3.48. The summed E-state index contributed by atoms with van der Waals surface area (Å²) in [5, 5.41) is 19.9. The maximum absolute atomic E-state index is 12.0. The monoisotopic (exact) mass is 272 g/mol. The molecule has 1 aromatic carbocycles. The average molecular weight is 272 g/mol. The predicted octanol–water partition coefficient (Wildman–Crippen LogP) is 1.11. The average Bonchev–Trinajstić information content (AvgIpc) is 2.29. The van der Waals surface area contributed by atoms with Crippen molar-refractivity contribution in [3.05, 3.63) is 41.0 Å². The molecule has 0 heterocycles. The van der Waals surface area contributed by atoms with Crippen LogP contribution in [0.4, 0.5) is 5.69 Å². The van der Waals surface area contributed by atoms with E-state index in [2.05, 4.69) is 6.58 Å². The van der Waals surface area contributed by atoms with Crippen LogP contribution in [0.15, 0.2) is 35.7 Å². The SMILES string of the molecule is C=CCN(C)S(=O)(=O)c1ccc(O)c([N+](=O)[O-])c1. The maximum atomic E-state index is 12.0. The Morgan fingerprint density at radius 1 is 1.56 bits per heavy atom. The Morgan fingerprint density at radius 2 is 2.17 bits per heavy atom. The molecule has 0 aliphatic carbocycles. The van der Waals surface area contributed by atoms with Crippen molar-refractivity contribution in [2.75, 3.05) is 13.6 Å². The lowest BCUT2D eigenvalue weighted by Gasteiger charge is -2.14. The van der Waals surface area contributed by atoms with E-state index in [4.69, 9.17) is 0 Å². The van der Waals surface area contributed by atoms with Crippen molar-refractivity contribution < 1.29 is 18.4 Å². The molecule has 0 aromatic heterocycles. The molecule has 0 unspecified atom stereocenters. The van der Waals surface area contributed by atoms with Gasteiger partial charge in [0.15, 0.2) is 5.75 Å². The van der Waals surface area contributed by atoms with E-state index in [1.54, 1.807) is 0 Å². The maximum Gasteiger partial charge on any atom is 0.312 e. The van der Waals surface area contributed by atoms with Crippen LogP contribution in [0.2, 0.25) is 0 Å². The van der Waals surface area contributed by atoms with Gasteiger partial charge >= 0.3 is 5.69 Å². The van der Waals surface area contributed by atoms with Crippen LogP contribution in [0.5, 0.6) is 5.75 Å². The van der Waals surface area contributed by atoms with Gasteiger partial charge in [0.2, 0.25) is 10.0 Å². The predicted molar refractivity (Wildman–Crippen MR) is 64.8 cm³/mol. The number of phenolic OH excluding ortho intramolecular Hbond substituents is 1. The number of phenols is 1. The van der Waals surface area contributed by atoms with Crippen molar-refractivity contribution >= 4 is 15.7 Å². The van der Waals surface area contributed by atoms with E-state index in [1.807, 2.05) is 0 Å². The summed E-state index contributed by atoms with van der Waals surface area (Å²) in [6, 6.07) is 2.91. The van der Waals surface area contributed by atoms with Gasteiger partial charge in [-0.05, 0) is 12.1 Å². The number of nitro groups is 1. The number of hydrogen-bond donors (Lipinski definition) is 1. The number of benzene rings is 1. The topological polar surface area (TPSA) is 101 Å². The lowest BCUT2D eigenvalue weighted by molar-refractivity contribution is -0.386. The molecular formula is C10H12N2O5S. The highest BCUT2D eigenvalue weighted by Gasteiger charge is 2.24. The van der Waals surface area contributed by atoms with Crippen LogP contribution in [0.3, 0.4) is 0 Å². The molecule has 0 saturated heterocycles. The summed E-state index contributed by atoms with van der Waals surface area (Å²) in [7, 11) is -2.50. The zero-order chi connectivity index (χ0) is 13.9. The Balaban J connectivity index is 3.30. The highest BCUT2D eigenvalue weighted by Crippen LogP contribution is 2.29. The summed E-state index contributed by atoms with van der Waals surface area (Å²) < 4.78 is 25.0. The molecular weight excluding hydrogens is 260 g/mol. The molecule has 0 amide bonds. The molecule has 1 N–H and O–H groups in total. The molecule has 0 aliphatic rings. The van der Waals surface area contributed by atoms with Crippen molar-refractivity contribution in [3.8, 4) is 5.75 Å². The van der Waals surface area contributed by atoms with Gasteiger partial charge in [0, 0.05) is 19.7 Å². The van der Waals surface area contributed by atoms with Gasteiger partial charge < -0.3 is 5.11 Å². The number of likely N-dealkylation sites (N-methyl/N-ethyl adjacent to an activating group) is 1. The first-order chi connectivity index (χ1) is 8.30. The number of nitro benzene ring substituents is 1. The van der Waals surface area contributed by atoms with Gasteiger partial charge in [-0.25, -0.2) is 8.42 Å². The molecule has 0 radical (unpaired) electrons. The van der Waals surface area contributed by atoms with Crippen LogP contribution in [0.1, 0.15) is 0 Å². The number of nitrogens with zero attached hydrogens (tertiary/aromatic N) is 2. The van der Waals surface area contributed by atoms with Gasteiger partial charge in [-0.2, -0.15) is 4.31 Å². The van der Waals surface area contributed by atoms with Crippen LogP contribution >= 0.6 is 0 Å². The van der Waals surface area contributed by atoms with Crippen LogP contribution in [0.25, 0.3) is 0 Å². The summed E-state index contributed by atoms with van der Waals surface area (Å²) in [5.74, 6) is -0.578. The Kier molecular flexibility index (Phi) is 4.04. The molecule has 0 atom stereocenters. The smallest absolute Gasteiger partial charge is 0.312 e. The molecule has 0 spiro atoms. The van der Waals surface area contributed by atoms with Gasteiger partial charge in [0.25, 0.3) is 0 Å². The quantitative estimate of drug-likeness (QED) is 0.491. The van der Waals surface area contributed by atoms with Crippen molar-refractivity contribution in [1.82, 2.24) is 4.31 Å². The first-order valence-corrected chi connectivity index (χ1v) is 6.29. The fraction of sp³-hybridized carbons (Fsp3) is 0.200. The summed E-state index contributed by atoms with van der Waals surface area (Å²) >= 11 is 0. The van der Waals surface area contributed by atoms with Crippen molar-refractivity contribution in [2.24, 2.45) is 0 Å². The second-order valence-corrected chi connectivity index (χ2v) is 5.53. The van der Waals surface area contributed by atoms with E-state index < -0.39 is 26.4 Å². The van der Waals surface area contributed by atoms with E-state index in [1.165, 1.54) is 13.1 Å². The largest absolute Gasteiger partial charge is 0.502 e. The molecule has 8 heteroatoms. The Labute approximate surface area is 104 Å². The van der Waals surface area contributed by atoms with Crippen LogP contribution in [-0.4, -0.2) is 36.3 Å². The van der Waals surface area contributed by atoms with Gasteiger partial charge in [-0.15, -0.1) is 6.58 Å². The van der Waals surface area contributed by atoms with Gasteiger partial charge in [0.1, 0.15) is 0 Å². The molecule has 0 bridgehead atoms. The third kappa shape index (κ3) is 2.66. The molecule has 0 aliphatic heterocycles. The highest BCUT2D eigenvalue weighted by molar-refractivity contribution is 7.89. The Hall–Kier alpha value is -1.93. The molecule has 0 fully saturated rings. The lowest BCUT2D eigenvalue weighted by atomic mass is 10.3. The zero-order valence-electron chi connectivity index (χ0n) is 9.61. The van der Waals surface area contributed by atoms with E-state index in [0.717, 1.165) is 22.5 Å². The summed E-state index contributed by atoms with van der Waals surface area (Å²) in [6.07, 6.45) is 1.40. The number of rotatable bonds is 5. The minimum absolute atomic E-state index is 0.0804. The normalized spacial score (nSPS) is 11.4. The summed E-state index contributed by atoms with van der Waals surface area (Å²) in [4.78, 5) is 9.52. The zero-order valence-corrected chi connectivity index (χ0v) is 10.4. The van der Waals surface area contributed by atoms with Crippen molar-refractivity contribution in [3.63, 3.8) is 0 Å². The minimum Gasteiger partial charge on any atom is -0.502 e. The lowest BCUT2D eigenvalue weighted by Crippen LogP contribution is -2.26. The Morgan fingerprint density at radius 3 is 2.67 bits per heavy atom. The number of aromatic hydroxyl groups is 1. The molecule has 98 valence electrons. The minimum atomic E-state index is -3.83. The molecule has 0 saturated carbocycles. The third-order valence-electron chi connectivity index (χ3n) is 2.24. The van der Waals surface area contributed by atoms with Gasteiger partial charge in [0.05, 0.1) is 9.82 Å². The van der Waals surface area contributed by atoms with Crippen molar-refractivity contribution in [2.45, 2.75) is 4.90 Å². The number of hydrogen-bond acceptors (Lipinski definition) is 5. The Bertz CT molecular complexity index is 582. The van der Waals surface area contributed by atoms with E-state index in [0.29, 0.717) is 0 Å². The van der Waals surface area contributed by atoms with Crippen molar-refractivity contribution in [1.29, 1.82) is 0 Å². The first kappa shape index (κ1) is 14.1. The molecule has 1 rings (SSSR count). The first-order valence-electron chi connectivity index (χ1n) is 4.85. The van der Waals surface area contributed by atoms with Gasteiger partial charge in [-0.1, -0.05) is 6.08 Å². The molecule has 1 aromatic rings. The van der Waals surface area contributed by atoms with Crippen LogP contribution in [-0.2, 0) is 10.0 Å². The second kappa shape index (κ2) is 5.15. The summed E-state index contributed by atoms with van der Waals surface area (Å²) in [6.45, 7) is 3.49. The van der Waals surface area contributed by atoms with E-state index in [9.17, 15) is 23.6 Å². The number of sulfonamides is 1. The van der Waals surface area contributed by atoms with Crippen LogP contribution < -0.4 is 0 Å².